The standard InChI is InChI=1S/2C21H27N3O5.2C5H11NO.2CH4.4H2/c2*1-11-15-9-22-19(23-16-5-6-29-10-18(16)27)8-17(15)24(13-3-4-14(26)7-13)21(28)20(11)12(2)25;2*6-4-1-2-5(7)3-4;;;;;;/h2*8-9,13-14,16,18,26-27H,3-7,10H2,1-2H3,(H,22,23);2*4-5,7H,1-3,6H2;2*1H4;4*1H/t13-,14+,16+,18+;13-,14-,16+,18+;4-,5+;4-,5-;;;;;;/m0000....../s1/i;;;;;;3*1+1D;1+1. The smallest absolute Gasteiger partial charge is 0.262 e. The van der Waals surface area contributed by atoms with Crippen molar-refractivity contribution in [1.82, 2.24) is 19.1 Å². The van der Waals surface area contributed by atoms with Crippen molar-refractivity contribution in [2.45, 2.75) is 205 Å². The van der Waals surface area contributed by atoms with Gasteiger partial charge in [-0.3, -0.25) is 19.2 Å². The highest BCUT2D eigenvalue weighted by molar-refractivity contribution is 6.01. The van der Waals surface area contributed by atoms with Gasteiger partial charge in [-0.1, -0.05) is 14.9 Å². The first-order chi connectivity index (χ1) is 37.3. The van der Waals surface area contributed by atoms with Gasteiger partial charge in [-0.25, -0.2) is 9.97 Å². The zero-order valence-corrected chi connectivity index (χ0v) is 42.0. The molecule has 4 saturated carbocycles. The first-order valence-corrected chi connectivity index (χ1v) is 25.7. The lowest BCUT2D eigenvalue weighted by Gasteiger charge is -2.29. The van der Waals surface area contributed by atoms with Gasteiger partial charge in [-0.2, -0.15) is 0 Å². The average Bonchev–Trinajstić information content (AvgIpc) is 4.29. The fourth-order valence-electron chi connectivity index (χ4n) is 11.1. The predicted octanol–water partition coefficient (Wildman–Crippen LogP) is 5.08. The zero-order valence-electron chi connectivity index (χ0n) is 48.0. The van der Waals surface area contributed by atoms with Crippen molar-refractivity contribution < 1.29 is 60.0 Å². The largest absolute Gasteiger partial charge is 0.393 e. The number of anilines is 2. The minimum absolute atomic E-state index is 0. The molecule has 420 valence electrons. The van der Waals surface area contributed by atoms with Crippen LogP contribution in [0.3, 0.4) is 0 Å². The highest BCUT2D eigenvalue weighted by Crippen LogP contribution is 2.35. The van der Waals surface area contributed by atoms with Crippen molar-refractivity contribution in [1.29, 1.82) is 0 Å². The molecule has 0 bridgehead atoms. The lowest BCUT2D eigenvalue weighted by atomic mass is 10.0. The van der Waals surface area contributed by atoms with Gasteiger partial charge in [0.15, 0.2) is 11.6 Å². The van der Waals surface area contributed by atoms with Crippen molar-refractivity contribution in [3.63, 3.8) is 0 Å². The minimum Gasteiger partial charge on any atom is -0.393 e. The molecule has 0 unspecified atom stereocenters. The van der Waals surface area contributed by atoms with Crippen LogP contribution in [0.15, 0.2) is 34.1 Å². The molecule has 4 aromatic rings. The van der Waals surface area contributed by atoms with Gasteiger partial charge in [0, 0.05) is 83.0 Å². The number of rotatable bonds is 8. The van der Waals surface area contributed by atoms with Crippen LogP contribution in [-0.2, 0) is 9.47 Å². The van der Waals surface area contributed by atoms with E-state index in [0.29, 0.717) is 98.4 Å². The molecule has 20 nitrogen and oxygen atoms in total. The highest BCUT2D eigenvalue weighted by atomic mass is 16.5. The van der Waals surface area contributed by atoms with Gasteiger partial charge in [0.05, 0.1) is 84.1 Å². The van der Waals surface area contributed by atoms with Gasteiger partial charge in [0.2, 0.25) is 0 Å². The summed E-state index contributed by atoms with van der Waals surface area (Å²) in [7, 11) is 0. The SMILES string of the molecule is C.C.CC(=O)c1c(C)c2cnc(N[C@@H]3CCOC[C@H]3O)cc2n([C@H]2CC[C@@H](O)C2)c1=O.CC(=O)c1c(C)c2cnc(N[C@@H]3CCOC[C@H]3O)cc2n([C@H]2CC[C@H](O)C2)c1=O.N[C@H]1CC[C@@H](O)C1.N[C@H]1CC[C@H](O)C1.[2HH].[2H][2H].[2H][2H].[2H][2H]. The summed E-state index contributed by atoms with van der Waals surface area (Å²) in [5.41, 5.74) is 13.3. The van der Waals surface area contributed by atoms with Gasteiger partial charge >= 0.3 is 0 Å². The molecule has 20 heteroatoms. The predicted molar refractivity (Wildman–Crippen MR) is 295 cm³/mol. The zero-order chi connectivity index (χ0) is 58.0. The van der Waals surface area contributed by atoms with Gasteiger partial charge in [-0.05, 0) is 129 Å². The number of aromatic nitrogens is 4. The van der Waals surface area contributed by atoms with E-state index >= 15 is 0 Å². The molecule has 0 aromatic carbocycles. The number of hydrogen-bond acceptors (Lipinski definition) is 18. The van der Waals surface area contributed by atoms with Crippen molar-refractivity contribution in [3.8, 4) is 0 Å². The summed E-state index contributed by atoms with van der Waals surface area (Å²) >= 11 is 0. The molecule has 0 amide bonds. The van der Waals surface area contributed by atoms with Crippen molar-refractivity contribution >= 4 is 45.0 Å². The van der Waals surface area contributed by atoms with Crippen molar-refractivity contribution in [3.05, 3.63) is 67.5 Å². The van der Waals surface area contributed by atoms with Gasteiger partial charge in [0.25, 0.3) is 11.1 Å². The van der Waals surface area contributed by atoms with Crippen LogP contribution in [0.5, 0.6) is 0 Å². The summed E-state index contributed by atoms with van der Waals surface area (Å²) < 4.78 is 43.9. The normalized spacial score (nSPS) is 29.7. The number of aliphatic hydroxyl groups excluding tert-OH is 6. The van der Waals surface area contributed by atoms with Crippen LogP contribution in [0.2, 0.25) is 0 Å². The molecule has 74 heavy (non-hydrogen) atoms. The maximum Gasteiger partial charge on any atom is 0.262 e. The Bertz CT molecular complexity index is 2500. The summed E-state index contributed by atoms with van der Waals surface area (Å²) in [6, 6.07) is 3.47. The van der Waals surface area contributed by atoms with Crippen LogP contribution in [0.1, 0.15) is 173 Å². The number of aryl methyl sites for hydroxylation is 2. The summed E-state index contributed by atoms with van der Waals surface area (Å²) in [6.45, 7) is 8.02. The lowest BCUT2D eigenvalue weighted by molar-refractivity contribution is -0.0135. The number of aliphatic hydroxyl groups is 6. The molecule has 0 spiro atoms. The van der Waals surface area contributed by atoms with E-state index in [1.165, 1.54) is 13.8 Å². The van der Waals surface area contributed by atoms with Gasteiger partial charge in [0.1, 0.15) is 11.6 Å². The summed E-state index contributed by atoms with van der Waals surface area (Å²) in [6.07, 6.45) is 11.3. The number of nitrogens with zero attached hydrogens (tertiary/aromatic N) is 4. The van der Waals surface area contributed by atoms with Gasteiger partial charge in [-0.15, -0.1) is 0 Å². The number of hydrogen-bond donors (Lipinski definition) is 10. The van der Waals surface area contributed by atoms with Crippen LogP contribution in [0.4, 0.5) is 11.6 Å². The number of ketones is 2. The number of nitrogens with two attached hydrogens (primary N) is 2. The molecular weight excluding hydrogens is 953 g/mol. The highest BCUT2D eigenvalue weighted by Gasteiger charge is 2.32. The Morgan fingerprint density at radius 2 is 0.946 bits per heavy atom. The molecule has 0 radical (unpaired) electrons. The number of carbonyl (C=O) groups excluding carboxylic acids is 2. The van der Waals surface area contributed by atoms with E-state index in [0.717, 1.165) is 49.3 Å². The van der Waals surface area contributed by atoms with E-state index in [9.17, 15) is 39.6 Å². The van der Waals surface area contributed by atoms with Crippen LogP contribution < -0.4 is 33.2 Å². The molecule has 4 aromatic heterocycles. The molecule has 12 N–H and O–H groups in total. The average molecular weight is 1050 g/mol. The molecule has 4 aliphatic carbocycles. The van der Waals surface area contributed by atoms with Crippen LogP contribution in [-0.4, -0.2) is 149 Å². The number of nitrogens with one attached hydrogen (secondary N) is 2. The molecule has 6 heterocycles. The van der Waals surface area contributed by atoms with Crippen LogP contribution >= 0.6 is 0 Å². The van der Waals surface area contributed by atoms with Crippen molar-refractivity contribution in [2.75, 3.05) is 37.1 Å². The maximum atomic E-state index is 13.3. The van der Waals surface area contributed by atoms with E-state index in [1.54, 1.807) is 47.5 Å². The van der Waals surface area contributed by atoms with Crippen molar-refractivity contribution in [2.24, 2.45) is 11.5 Å². The molecule has 2 saturated heterocycles. The van der Waals surface area contributed by atoms with E-state index < -0.39 is 24.4 Å². The Morgan fingerprint density at radius 3 is 1.22 bits per heavy atom. The summed E-state index contributed by atoms with van der Waals surface area (Å²) in [5.74, 6) is 0.582. The third kappa shape index (κ3) is 14.4. The van der Waals surface area contributed by atoms with Crippen LogP contribution in [0, 0.1) is 13.8 Å². The minimum atomic E-state index is -0.629. The lowest BCUT2D eigenvalue weighted by Crippen LogP contribution is -2.42. The number of fused-ring (bicyclic) bond motifs is 2. The van der Waals surface area contributed by atoms with Gasteiger partial charge < -0.3 is 71.3 Å². The fourth-order valence-corrected chi connectivity index (χ4v) is 11.1. The topological polar surface area (TPSA) is 320 Å². The Morgan fingerprint density at radius 1 is 0.595 bits per heavy atom. The quantitative estimate of drug-likeness (QED) is 0.103. The fraction of sp³-hybridized carbons (Fsp3) is 0.667. The second-order valence-electron chi connectivity index (χ2n) is 20.7. The Balaban J connectivity index is 0.000000590. The van der Waals surface area contributed by atoms with E-state index in [-0.39, 0.29) is 112 Å². The Labute approximate surface area is 444 Å². The number of carbonyl (C=O) groups is 2. The first kappa shape index (κ1) is 55.5. The third-order valence-electron chi connectivity index (χ3n) is 15.1. The second kappa shape index (κ2) is 26.8. The molecule has 6 aliphatic rings. The maximum absolute atomic E-state index is 13.3. The number of pyridine rings is 4. The molecule has 6 fully saturated rings. The van der Waals surface area contributed by atoms with E-state index in [4.69, 9.17) is 40.1 Å². The molecule has 10 rings (SSSR count). The van der Waals surface area contributed by atoms with E-state index in [2.05, 4.69) is 20.6 Å². The first-order valence-electron chi connectivity index (χ1n) is 28.7. The molecular formula is C54H92N8O12. The summed E-state index contributed by atoms with van der Waals surface area (Å²) in [4.78, 5) is 59.8. The number of Topliss-reactive ketones (excluding diaryl/α,β-unsaturated/α-hetero) is 2. The Kier molecular flexibility index (Phi) is 20.1. The third-order valence-corrected chi connectivity index (χ3v) is 15.1. The van der Waals surface area contributed by atoms with Crippen LogP contribution in [0.25, 0.3) is 21.8 Å². The second-order valence-corrected chi connectivity index (χ2v) is 20.7. The molecule has 2 aliphatic heterocycles. The summed E-state index contributed by atoms with van der Waals surface area (Å²) in [5, 5.41) is 66.0. The monoisotopic (exact) mass is 1050 g/mol. The van der Waals surface area contributed by atoms with E-state index in [1.807, 2.05) is 0 Å². The Hall–Kier alpha value is -4.74. The molecule has 12 atom stereocenters. The number of ether oxygens (including phenoxy) is 2.